The van der Waals surface area contributed by atoms with E-state index in [1.54, 1.807) is 18.6 Å². The number of carbonyl (C=O) groups excluding carboxylic acids is 4. The number of alkyl carbamates (subject to hydrolysis) is 3. The zero-order chi connectivity index (χ0) is 78.6. The summed E-state index contributed by atoms with van der Waals surface area (Å²) in [7, 11) is 0. The molecule has 25 heteroatoms. The third kappa shape index (κ3) is 25.5. The molecule has 0 bridgehead atoms. The number of esters is 1. The summed E-state index contributed by atoms with van der Waals surface area (Å²) in [5, 5.41) is 11.2. The Morgan fingerprint density at radius 2 is 0.891 bits per heavy atom. The van der Waals surface area contributed by atoms with Crippen LogP contribution in [-0.4, -0.2) is 128 Å². The fourth-order valence-corrected chi connectivity index (χ4v) is 17.7. The van der Waals surface area contributed by atoms with Crippen molar-refractivity contribution in [3.63, 3.8) is 0 Å². The van der Waals surface area contributed by atoms with E-state index in [9.17, 15) is 19.2 Å². The van der Waals surface area contributed by atoms with Crippen molar-refractivity contribution >= 4 is 94.7 Å². The zero-order valence-corrected chi connectivity index (χ0v) is 73.9. The number of amides is 3. The van der Waals surface area contributed by atoms with E-state index in [1.807, 2.05) is 105 Å². The molecule has 6 aromatic rings. The van der Waals surface area contributed by atoms with Gasteiger partial charge in [0.2, 0.25) is 0 Å². The second-order valence-corrected chi connectivity index (χ2v) is 36.1. The number of thioether (sulfide) groups is 1. The quantitative estimate of drug-likeness (QED) is 0.0131. The largest absolute Gasteiger partial charge is 1.00 e. The Kier molecular flexibility index (Phi) is 33.6. The Hall–Kier alpha value is -6.02. The molecule has 3 aromatic carbocycles. The predicted octanol–water partition coefficient (Wildman–Crippen LogP) is 15.7. The summed E-state index contributed by atoms with van der Waals surface area (Å²) in [5.74, 6) is 5.57. The molecule has 110 heavy (non-hydrogen) atoms. The van der Waals surface area contributed by atoms with E-state index in [0.29, 0.717) is 29.7 Å². The van der Waals surface area contributed by atoms with Gasteiger partial charge in [-0.05, 0) is 194 Å². The van der Waals surface area contributed by atoms with Gasteiger partial charge in [0.1, 0.15) is 43.9 Å². The van der Waals surface area contributed by atoms with E-state index in [2.05, 4.69) is 168 Å². The number of unbranched alkanes of at least 4 members (excludes halogenated alkanes) is 2. The molecule has 20 nitrogen and oxygen atoms in total. The molecule has 5 atom stereocenters. The Morgan fingerprint density at radius 3 is 1.22 bits per heavy atom. The summed E-state index contributed by atoms with van der Waals surface area (Å²) in [6.07, 6.45) is 28.7. The third-order valence-electron chi connectivity index (χ3n) is 22.0. The van der Waals surface area contributed by atoms with Crippen LogP contribution in [-0.2, 0) is 55.6 Å². The fraction of sp³-hybridized carbons (Fsp3) is 0.600. The molecule has 3 N–H and O–H groups in total. The normalized spacial score (nSPS) is 18.9. The van der Waals surface area contributed by atoms with Crippen molar-refractivity contribution < 1.29 is 67.7 Å². The summed E-state index contributed by atoms with van der Waals surface area (Å²) in [6.45, 7) is 31.8. The maximum absolute atomic E-state index is 12.8. The van der Waals surface area contributed by atoms with Crippen molar-refractivity contribution in [2.24, 2.45) is 28.1 Å². The summed E-state index contributed by atoms with van der Waals surface area (Å²) >= 11 is 14.2. The molecular formula is C85H120BrN12NaO8S3. The summed E-state index contributed by atoms with van der Waals surface area (Å²) < 4.78 is 22.6. The van der Waals surface area contributed by atoms with E-state index in [4.69, 9.17) is 41.5 Å². The SMILES string of the molecule is CC(C)(C)OC(=O)N[C@@H]1c2ccccc2CC12CCN(c1cnc(Br)cn1)CC2.CC(C)(C)OC(=O)N[C@@H]1c2ccccc2CC12CCN(c1cnc([S-])cn1)CC2.CCCCC(CC)COC(=O)CCS.CCCCC(CC)CSc1cnc(N2CCC3(CC2)Cc2ccccc2[C@H]3NC(=O)OC(C)(C)C)cn1.[Na+]. The van der Waals surface area contributed by atoms with Gasteiger partial charge in [0.15, 0.2) is 0 Å². The second-order valence-electron chi connectivity index (χ2n) is 33.3. The third-order valence-corrected chi connectivity index (χ3v) is 24.0. The molecule has 2 unspecified atom stereocenters. The number of nitrogens with one attached hydrogen (secondary N) is 3. The minimum Gasteiger partial charge on any atom is -0.759 e. The number of piperidine rings is 3. The molecule has 594 valence electrons. The Morgan fingerprint density at radius 1 is 0.527 bits per heavy atom. The molecule has 3 spiro atoms. The second kappa shape index (κ2) is 41.3. The van der Waals surface area contributed by atoms with Gasteiger partial charge in [0.25, 0.3) is 0 Å². The summed E-state index contributed by atoms with van der Waals surface area (Å²) in [4.78, 5) is 82.9. The minimum absolute atomic E-state index is 0. The van der Waals surface area contributed by atoms with E-state index in [1.165, 1.54) is 78.3 Å². The first-order valence-electron chi connectivity index (χ1n) is 39.6. The van der Waals surface area contributed by atoms with Crippen molar-refractivity contribution in [1.29, 1.82) is 0 Å². The number of aromatic nitrogens is 6. The number of benzene rings is 3. The van der Waals surface area contributed by atoms with Crippen LogP contribution in [0.4, 0.5) is 31.8 Å². The van der Waals surface area contributed by atoms with Crippen LogP contribution in [0.1, 0.15) is 238 Å². The van der Waals surface area contributed by atoms with Crippen LogP contribution >= 0.6 is 40.3 Å². The topological polar surface area (TPSA) is 228 Å². The first kappa shape index (κ1) is 89.5. The van der Waals surface area contributed by atoms with Gasteiger partial charge in [-0.2, -0.15) is 12.6 Å². The number of nitrogens with zero attached hydrogens (tertiary/aromatic N) is 9. The van der Waals surface area contributed by atoms with Gasteiger partial charge in [-0.25, -0.2) is 39.3 Å². The van der Waals surface area contributed by atoms with Crippen molar-refractivity contribution in [3.8, 4) is 0 Å². The van der Waals surface area contributed by atoms with Gasteiger partial charge in [0, 0.05) is 73.2 Å². The number of rotatable bonds is 21. The molecule has 3 aliphatic carbocycles. The molecule has 6 aliphatic rings. The van der Waals surface area contributed by atoms with Crippen molar-refractivity contribution in [3.05, 3.63) is 148 Å². The molecule has 3 saturated heterocycles. The minimum atomic E-state index is -0.520. The number of halogens is 1. The van der Waals surface area contributed by atoms with Crippen LogP contribution in [0.15, 0.2) is 125 Å². The number of hydrogen-bond acceptors (Lipinski definition) is 20. The Labute approximate surface area is 701 Å². The molecule has 6 heterocycles. The predicted molar refractivity (Wildman–Crippen MR) is 445 cm³/mol. The van der Waals surface area contributed by atoms with Gasteiger partial charge in [0.05, 0.1) is 62.1 Å². The van der Waals surface area contributed by atoms with Gasteiger partial charge >= 0.3 is 53.8 Å². The van der Waals surface area contributed by atoms with Crippen LogP contribution in [0, 0.1) is 28.1 Å². The van der Waals surface area contributed by atoms with Crippen LogP contribution in [0.25, 0.3) is 0 Å². The molecule has 0 radical (unpaired) electrons. The maximum atomic E-state index is 12.8. The summed E-state index contributed by atoms with van der Waals surface area (Å²) in [6, 6.07) is 25.3. The number of fused-ring (bicyclic) bond motifs is 3. The standard InChI is InChI=1S/C30H44N4O2S.C22H27BrN4O2.C22H28N4O2S.C11H22O2S.Na/c1-6-8-11-22(7-2)21-37-26-20-31-25(19-32-26)34-16-14-30(15-17-34)18-23-12-9-10-13-24(23)27(30)33-28(35)36-29(3,4)5;1-21(2,3)29-20(28)26-19-16-7-5-4-6-15(16)12-22(19)8-10-27(11-9-22)18-14-24-17(23)13-25-18;1-21(2,3)28-20(27)25-19-16-7-5-4-6-15(16)12-22(19)8-10-26(11-9-22)17-13-24-18(29)14-23-17;1-3-5-6-10(4-2)9-13-11(12)7-8-14;/h9-10,12-13,19-20,22,27H,6-8,11,14-18,21H2,1-5H3,(H,33,35);4-7,13-14,19H,8-12H2,1-3H3,(H,26,28);4-7,13-14,19H,8-12H2,1-3H3,(H,24,29)(H,25,27);10,14H,3-9H2,1-2H3;/q;;;;+1/p-1/t22?,27-;2*19-;;/m111../s1. The number of anilines is 3. The Bertz CT molecular complexity index is 3730. The molecule has 3 amide bonds. The van der Waals surface area contributed by atoms with Gasteiger partial charge in [-0.1, -0.05) is 144 Å². The van der Waals surface area contributed by atoms with E-state index >= 15 is 0 Å². The maximum Gasteiger partial charge on any atom is 1.00 e. The van der Waals surface area contributed by atoms with Crippen molar-refractivity contribution in [2.45, 2.75) is 251 Å². The van der Waals surface area contributed by atoms with Gasteiger partial charge in [-0.15, -0.1) is 11.8 Å². The van der Waals surface area contributed by atoms with E-state index < -0.39 is 16.8 Å². The number of ether oxygens (including phenoxy) is 4. The number of thiol groups is 1. The molecule has 3 fully saturated rings. The van der Waals surface area contributed by atoms with Crippen LogP contribution in [0.5, 0.6) is 0 Å². The smallest absolute Gasteiger partial charge is 0.759 e. The van der Waals surface area contributed by atoms with Gasteiger partial charge < -0.3 is 62.2 Å². The van der Waals surface area contributed by atoms with E-state index in [0.717, 1.165) is 142 Å². The average molecular weight is 1640 g/mol. The van der Waals surface area contributed by atoms with Crippen molar-refractivity contribution in [1.82, 2.24) is 45.9 Å². The Balaban J connectivity index is 0.000000192. The fourth-order valence-electron chi connectivity index (χ4n) is 16.1. The summed E-state index contributed by atoms with van der Waals surface area (Å²) in [5.41, 5.74) is 6.06. The van der Waals surface area contributed by atoms with Crippen LogP contribution in [0.2, 0.25) is 0 Å². The molecule has 0 saturated carbocycles. The molecule has 3 aromatic heterocycles. The number of hydrogen-bond donors (Lipinski definition) is 4. The monoisotopic (exact) mass is 1630 g/mol. The van der Waals surface area contributed by atoms with Crippen molar-refractivity contribution in [2.75, 3.05) is 72.1 Å². The number of carbonyl (C=O) groups is 4. The van der Waals surface area contributed by atoms with E-state index in [-0.39, 0.29) is 88.2 Å². The molecular weight excluding hydrogens is 1520 g/mol. The first-order valence-corrected chi connectivity index (χ1v) is 42.5. The van der Waals surface area contributed by atoms with Crippen LogP contribution in [0.3, 0.4) is 0 Å². The average Bonchev–Trinajstić information content (AvgIpc) is 1.60. The van der Waals surface area contributed by atoms with Gasteiger partial charge in [-0.3, -0.25) is 9.78 Å². The first-order chi connectivity index (χ1) is 52.0. The molecule has 12 rings (SSSR count). The van der Waals surface area contributed by atoms with Crippen LogP contribution < -0.4 is 60.2 Å². The zero-order valence-electron chi connectivity index (χ0n) is 67.8. The molecule has 3 aliphatic heterocycles.